The van der Waals surface area contributed by atoms with Crippen molar-refractivity contribution in [3.8, 4) is 12.0 Å². The van der Waals surface area contributed by atoms with Gasteiger partial charge in [0, 0.05) is 18.5 Å². The molecule has 12 heavy (non-hydrogen) atoms. The van der Waals surface area contributed by atoms with Crippen molar-refractivity contribution in [2.45, 2.75) is 0 Å². The molecule has 58 valence electrons. The van der Waals surface area contributed by atoms with Crippen molar-refractivity contribution in [1.29, 1.82) is 5.26 Å². The number of nitrogens with one attached hydrogen (secondary N) is 1. The number of rotatable bonds is 1. The van der Waals surface area contributed by atoms with Crippen molar-refractivity contribution in [1.82, 2.24) is 9.97 Å². The quantitative estimate of drug-likeness (QED) is 0.640. The van der Waals surface area contributed by atoms with Crippen molar-refractivity contribution < 1.29 is 4.74 Å². The summed E-state index contributed by atoms with van der Waals surface area (Å²) in [7, 11) is 0. The Hall–Kier alpha value is -2.02. The summed E-state index contributed by atoms with van der Waals surface area (Å²) in [4.78, 5) is 6.96. The molecule has 0 aliphatic rings. The fourth-order valence-electron chi connectivity index (χ4n) is 1.07. The SMILES string of the molecule is N#COc1ccnc2[nH]ccc12. The summed E-state index contributed by atoms with van der Waals surface area (Å²) in [6.45, 7) is 0. The number of H-pyrrole nitrogens is 1. The number of hydrogen-bond donors (Lipinski definition) is 1. The maximum absolute atomic E-state index is 8.31. The molecule has 0 saturated heterocycles. The number of aromatic amines is 1. The number of hydrogen-bond acceptors (Lipinski definition) is 3. The van der Waals surface area contributed by atoms with Crippen LogP contribution in [0.1, 0.15) is 0 Å². The molecule has 4 heteroatoms. The Labute approximate surface area is 68.4 Å². The molecule has 4 nitrogen and oxygen atoms in total. The summed E-state index contributed by atoms with van der Waals surface area (Å²) >= 11 is 0. The van der Waals surface area contributed by atoms with Crippen LogP contribution in [0.2, 0.25) is 0 Å². The molecule has 2 rings (SSSR count). The molecule has 0 radical (unpaired) electrons. The zero-order valence-corrected chi connectivity index (χ0v) is 6.11. The first-order chi connectivity index (χ1) is 5.92. The lowest BCUT2D eigenvalue weighted by Gasteiger charge is -1.95. The van der Waals surface area contributed by atoms with E-state index in [1.165, 1.54) is 0 Å². The minimum Gasteiger partial charge on any atom is -0.387 e. The maximum atomic E-state index is 8.31. The van der Waals surface area contributed by atoms with E-state index < -0.39 is 0 Å². The van der Waals surface area contributed by atoms with E-state index in [9.17, 15) is 0 Å². The molecule has 0 atom stereocenters. The van der Waals surface area contributed by atoms with E-state index in [0.29, 0.717) is 5.75 Å². The topological polar surface area (TPSA) is 61.7 Å². The van der Waals surface area contributed by atoms with Gasteiger partial charge in [-0.05, 0) is 6.07 Å². The van der Waals surface area contributed by atoms with E-state index in [1.807, 2.05) is 6.07 Å². The molecule has 0 fully saturated rings. The first-order valence-electron chi connectivity index (χ1n) is 3.40. The number of pyridine rings is 1. The van der Waals surface area contributed by atoms with Crippen molar-refractivity contribution >= 4 is 11.0 Å². The first kappa shape index (κ1) is 6.68. The number of ether oxygens (including phenoxy) is 1. The fraction of sp³-hybridized carbons (Fsp3) is 0. The van der Waals surface area contributed by atoms with Crippen LogP contribution in [0.25, 0.3) is 11.0 Å². The molecule has 2 aromatic heterocycles. The third-order valence-corrected chi connectivity index (χ3v) is 1.58. The third-order valence-electron chi connectivity index (χ3n) is 1.58. The van der Waals surface area contributed by atoms with Gasteiger partial charge in [-0.1, -0.05) is 0 Å². The Bertz CT molecular complexity index is 441. The molecule has 0 bridgehead atoms. The van der Waals surface area contributed by atoms with Crippen LogP contribution in [-0.4, -0.2) is 9.97 Å². The molecule has 1 N–H and O–H groups in total. The van der Waals surface area contributed by atoms with E-state index in [1.54, 1.807) is 24.7 Å². The van der Waals surface area contributed by atoms with Crippen LogP contribution in [0.5, 0.6) is 5.75 Å². The summed E-state index contributed by atoms with van der Waals surface area (Å²) in [5, 5.41) is 9.13. The van der Waals surface area contributed by atoms with Gasteiger partial charge in [0.05, 0.1) is 5.39 Å². The first-order valence-corrected chi connectivity index (χ1v) is 3.40. The normalized spacial score (nSPS) is 9.58. The van der Waals surface area contributed by atoms with Crippen LogP contribution in [0.15, 0.2) is 24.5 Å². The minimum absolute atomic E-state index is 0.531. The monoisotopic (exact) mass is 159 g/mol. The lowest BCUT2D eigenvalue weighted by Crippen LogP contribution is -1.83. The number of fused-ring (bicyclic) bond motifs is 1. The van der Waals surface area contributed by atoms with Gasteiger partial charge in [0.25, 0.3) is 6.26 Å². The highest BCUT2D eigenvalue weighted by Gasteiger charge is 2.02. The predicted molar refractivity (Wildman–Crippen MR) is 42.3 cm³/mol. The second-order valence-corrected chi connectivity index (χ2v) is 2.24. The predicted octanol–water partition coefficient (Wildman–Crippen LogP) is 1.42. The van der Waals surface area contributed by atoms with Crippen LogP contribution in [0.4, 0.5) is 0 Å². The third kappa shape index (κ3) is 0.883. The minimum atomic E-state index is 0.531. The zero-order chi connectivity index (χ0) is 8.39. The second kappa shape index (κ2) is 2.55. The molecule has 0 saturated carbocycles. The molecule has 2 heterocycles. The summed E-state index contributed by atoms with van der Waals surface area (Å²) in [5.74, 6) is 0.531. The zero-order valence-electron chi connectivity index (χ0n) is 6.11. The van der Waals surface area contributed by atoms with E-state index in [2.05, 4.69) is 9.97 Å². The Morgan fingerprint density at radius 2 is 2.42 bits per heavy atom. The molecule has 0 spiro atoms. The highest BCUT2D eigenvalue weighted by atomic mass is 16.5. The van der Waals surface area contributed by atoms with Gasteiger partial charge < -0.3 is 9.72 Å². The molecule has 0 aliphatic heterocycles. The lowest BCUT2D eigenvalue weighted by molar-refractivity contribution is 0.513. The van der Waals surface area contributed by atoms with Gasteiger partial charge in [-0.3, -0.25) is 0 Å². The molecule has 0 aromatic carbocycles. The van der Waals surface area contributed by atoms with Crippen molar-refractivity contribution in [3.05, 3.63) is 24.5 Å². The summed E-state index contributed by atoms with van der Waals surface area (Å²) in [6.07, 6.45) is 4.96. The molecule has 2 aromatic rings. The van der Waals surface area contributed by atoms with Crippen LogP contribution >= 0.6 is 0 Å². The molecule has 0 unspecified atom stereocenters. The summed E-state index contributed by atoms with van der Waals surface area (Å²) in [6, 6.07) is 3.47. The smallest absolute Gasteiger partial charge is 0.292 e. The van der Waals surface area contributed by atoms with Crippen molar-refractivity contribution in [2.24, 2.45) is 0 Å². The van der Waals surface area contributed by atoms with E-state index in [-0.39, 0.29) is 0 Å². The van der Waals surface area contributed by atoms with Gasteiger partial charge >= 0.3 is 0 Å². The van der Waals surface area contributed by atoms with E-state index >= 15 is 0 Å². The Balaban J connectivity index is 2.67. The van der Waals surface area contributed by atoms with Crippen LogP contribution in [0.3, 0.4) is 0 Å². The Morgan fingerprint density at radius 3 is 3.25 bits per heavy atom. The average molecular weight is 159 g/mol. The van der Waals surface area contributed by atoms with Crippen LogP contribution in [-0.2, 0) is 0 Å². The van der Waals surface area contributed by atoms with E-state index in [0.717, 1.165) is 11.0 Å². The number of nitrogens with zero attached hydrogens (tertiary/aromatic N) is 2. The molecule has 0 aliphatic carbocycles. The van der Waals surface area contributed by atoms with Gasteiger partial charge in [-0.2, -0.15) is 0 Å². The Kier molecular flexibility index (Phi) is 1.42. The number of aromatic nitrogens is 2. The van der Waals surface area contributed by atoms with Crippen LogP contribution in [0, 0.1) is 11.5 Å². The average Bonchev–Trinajstić information content (AvgIpc) is 2.53. The van der Waals surface area contributed by atoms with Crippen LogP contribution < -0.4 is 4.74 Å². The number of nitriles is 1. The summed E-state index contributed by atoms with van der Waals surface area (Å²) in [5.41, 5.74) is 0.725. The largest absolute Gasteiger partial charge is 0.387 e. The summed E-state index contributed by atoms with van der Waals surface area (Å²) < 4.78 is 4.72. The van der Waals surface area contributed by atoms with Gasteiger partial charge in [0.2, 0.25) is 0 Å². The Morgan fingerprint density at radius 1 is 1.50 bits per heavy atom. The van der Waals surface area contributed by atoms with Crippen molar-refractivity contribution in [2.75, 3.05) is 0 Å². The highest BCUT2D eigenvalue weighted by Crippen LogP contribution is 2.21. The van der Waals surface area contributed by atoms with Gasteiger partial charge in [0.15, 0.2) is 5.75 Å². The standard InChI is InChI=1S/C8H5N3O/c9-5-12-7-2-4-11-8-6(7)1-3-10-8/h1-4H,(H,10,11). The van der Waals surface area contributed by atoms with Gasteiger partial charge in [-0.15, -0.1) is 5.26 Å². The molecule has 0 amide bonds. The van der Waals surface area contributed by atoms with E-state index in [4.69, 9.17) is 10.00 Å². The van der Waals surface area contributed by atoms with Gasteiger partial charge in [0.1, 0.15) is 5.65 Å². The molecular weight excluding hydrogens is 154 g/mol. The highest BCUT2D eigenvalue weighted by molar-refractivity contribution is 5.82. The second-order valence-electron chi connectivity index (χ2n) is 2.24. The van der Waals surface area contributed by atoms with Crippen molar-refractivity contribution in [3.63, 3.8) is 0 Å². The lowest BCUT2D eigenvalue weighted by atomic mass is 10.3. The maximum Gasteiger partial charge on any atom is 0.292 e. The fourth-order valence-corrected chi connectivity index (χ4v) is 1.07. The molecular formula is C8H5N3O. The van der Waals surface area contributed by atoms with Gasteiger partial charge in [-0.25, -0.2) is 4.98 Å².